The summed E-state index contributed by atoms with van der Waals surface area (Å²) in [6.45, 7) is 1.15. The summed E-state index contributed by atoms with van der Waals surface area (Å²) in [5.74, 6) is -0.857. The number of hydrogen-bond donors (Lipinski definition) is 2. The van der Waals surface area contributed by atoms with Gasteiger partial charge in [-0.1, -0.05) is 6.07 Å². The summed E-state index contributed by atoms with van der Waals surface area (Å²) in [6, 6.07) is 4.92. The largest absolute Gasteiger partial charge is 0.332 e. The number of amides is 1. The molecule has 3 aromatic rings. The lowest BCUT2D eigenvalue weighted by Crippen LogP contribution is -2.37. The van der Waals surface area contributed by atoms with Gasteiger partial charge in [0, 0.05) is 26.8 Å². The van der Waals surface area contributed by atoms with E-state index in [1.54, 1.807) is 24.4 Å². The molecule has 2 N–H and O–H groups in total. The Kier molecular flexibility index (Phi) is 4.38. The van der Waals surface area contributed by atoms with Gasteiger partial charge >= 0.3 is 5.69 Å². The van der Waals surface area contributed by atoms with Crippen molar-refractivity contribution >= 4 is 22.6 Å². The average molecular weight is 385 g/mol. The molecule has 3 heterocycles. The molecule has 8 nitrogen and oxygen atoms in total. The summed E-state index contributed by atoms with van der Waals surface area (Å²) < 4.78 is 18.6. The minimum atomic E-state index is -0.479. The molecule has 1 amide bonds. The van der Waals surface area contributed by atoms with Gasteiger partial charge in [-0.15, -0.1) is 0 Å². The van der Waals surface area contributed by atoms with E-state index in [1.165, 1.54) is 23.2 Å². The van der Waals surface area contributed by atoms with Crippen molar-refractivity contribution in [1.29, 1.82) is 0 Å². The molecule has 2 aromatic heterocycles. The Hall–Kier alpha value is -3.20. The number of aromatic nitrogens is 3. The number of anilines is 1. The predicted octanol–water partition coefficient (Wildman–Crippen LogP) is 0.462. The average Bonchev–Trinajstić information content (AvgIpc) is 3.10. The summed E-state index contributed by atoms with van der Waals surface area (Å²) >= 11 is 0. The van der Waals surface area contributed by atoms with E-state index in [4.69, 9.17) is 0 Å². The number of benzene rings is 1. The number of aryl methyl sites for hydroxylation is 1. The molecule has 0 saturated carbocycles. The van der Waals surface area contributed by atoms with Gasteiger partial charge in [-0.2, -0.15) is 0 Å². The standard InChI is InChI=1S/C19H20FN5O3/c1-23-17-13(18(27)24(2)19(23)28)6-8-25(17)10-15(26)22-14-4-3-11-9-21-7-5-12(11)16(14)20/h3-4,6,8,21H,5,7,9-10H2,1-2H3,(H,22,26). The van der Waals surface area contributed by atoms with Crippen molar-refractivity contribution in [1.82, 2.24) is 19.0 Å². The van der Waals surface area contributed by atoms with Crippen molar-refractivity contribution in [3.8, 4) is 0 Å². The summed E-state index contributed by atoms with van der Waals surface area (Å²) in [7, 11) is 2.94. The first-order chi connectivity index (χ1) is 13.4. The number of hydrogen-bond acceptors (Lipinski definition) is 4. The van der Waals surface area contributed by atoms with Crippen LogP contribution in [0.15, 0.2) is 34.0 Å². The third-order valence-electron chi connectivity index (χ3n) is 5.16. The molecule has 0 bridgehead atoms. The SMILES string of the molecule is Cn1c(=O)c2ccn(CC(=O)Nc3ccc4c(c3F)CCNC4)c2n(C)c1=O. The van der Waals surface area contributed by atoms with Crippen LogP contribution >= 0.6 is 0 Å². The number of nitrogens with zero attached hydrogens (tertiary/aromatic N) is 3. The zero-order valence-corrected chi connectivity index (χ0v) is 15.6. The molecule has 1 aliphatic rings. The maximum Gasteiger partial charge on any atom is 0.332 e. The van der Waals surface area contributed by atoms with Crippen LogP contribution in [0.2, 0.25) is 0 Å². The van der Waals surface area contributed by atoms with E-state index in [9.17, 15) is 18.8 Å². The van der Waals surface area contributed by atoms with E-state index < -0.39 is 23.0 Å². The summed E-state index contributed by atoms with van der Waals surface area (Å²) in [6.07, 6.45) is 2.14. The fraction of sp³-hybridized carbons (Fsp3) is 0.316. The molecular weight excluding hydrogens is 365 g/mol. The number of carbonyl (C=O) groups excluding carboxylic acids is 1. The van der Waals surface area contributed by atoms with Crippen LogP contribution in [0.3, 0.4) is 0 Å². The first-order valence-electron chi connectivity index (χ1n) is 8.94. The second-order valence-corrected chi connectivity index (χ2v) is 6.93. The maximum absolute atomic E-state index is 14.7. The number of carbonyl (C=O) groups is 1. The van der Waals surface area contributed by atoms with Gasteiger partial charge in [-0.3, -0.25) is 18.7 Å². The van der Waals surface area contributed by atoms with Gasteiger partial charge in [0.05, 0.1) is 11.1 Å². The number of rotatable bonds is 3. The molecule has 0 aliphatic carbocycles. The molecule has 0 radical (unpaired) electrons. The van der Waals surface area contributed by atoms with E-state index in [2.05, 4.69) is 10.6 Å². The molecule has 1 aliphatic heterocycles. The van der Waals surface area contributed by atoms with Crippen molar-refractivity contribution in [2.45, 2.75) is 19.5 Å². The normalized spacial score (nSPS) is 13.5. The van der Waals surface area contributed by atoms with Gasteiger partial charge in [-0.05, 0) is 36.2 Å². The van der Waals surface area contributed by atoms with Crippen LogP contribution in [-0.4, -0.2) is 26.2 Å². The van der Waals surface area contributed by atoms with E-state index >= 15 is 0 Å². The van der Waals surface area contributed by atoms with Crippen LogP contribution in [0, 0.1) is 5.82 Å². The second-order valence-electron chi connectivity index (χ2n) is 6.93. The molecule has 0 fully saturated rings. The summed E-state index contributed by atoms with van der Waals surface area (Å²) in [5, 5.41) is 6.12. The molecule has 0 saturated heterocycles. The quantitative estimate of drug-likeness (QED) is 0.686. The Morgan fingerprint density at radius 3 is 2.79 bits per heavy atom. The lowest BCUT2D eigenvalue weighted by Gasteiger charge is -2.19. The highest BCUT2D eigenvalue weighted by molar-refractivity contribution is 5.92. The van der Waals surface area contributed by atoms with Crippen LogP contribution in [-0.2, 0) is 38.4 Å². The third kappa shape index (κ3) is 2.84. The Morgan fingerprint density at radius 2 is 2.00 bits per heavy atom. The van der Waals surface area contributed by atoms with Crippen LogP contribution in [0.5, 0.6) is 0 Å². The number of nitrogens with one attached hydrogen (secondary N) is 2. The molecule has 146 valence electrons. The Balaban J connectivity index is 1.64. The first kappa shape index (κ1) is 18.2. The summed E-state index contributed by atoms with van der Waals surface area (Å²) in [5.41, 5.74) is 1.09. The highest BCUT2D eigenvalue weighted by Crippen LogP contribution is 2.24. The molecule has 1 aromatic carbocycles. The fourth-order valence-corrected chi connectivity index (χ4v) is 3.69. The molecule has 4 rings (SSSR count). The van der Waals surface area contributed by atoms with Gasteiger partial charge < -0.3 is 15.2 Å². The van der Waals surface area contributed by atoms with Crippen molar-refractivity contribution in [3.05, 3.63) is 62.2 Å². The fourth-order valence-electron chi connectivity index (χ4n) is 3.69. The first-order valence-corrected chi connectivity index (χ1v) is 8.94. The van der Waals surface area contributed by atoms with Gasteiger partial charge in [0.1, 0.15) is 18.0 Å². The Labute approximate surface area is 159 Å². The molecule has 0 atom stereocenters. The maximum atomic E-state index is 14.7. The molecule has 28 heavy (non-hydrogen) atoms. The molecule has 9 heteroatoms. The van der Waals surface area contributed by atoms with Crippen LogP contribution < -0.4 is 21.9 Å². The lowest BCUT2D eigenvalue weighted by molar-refractivity contribution is -0.116. The Morgan fingerprint density at radius 1 is 1.21 bits per heavy atom. The highest BCUT2D eigenvalue weighted by Gasteiger charge is 2.19. The van der Waals surface area contributed by atoms with E-state index in [-0.39, 0.29) is 12.2 Å². The highest BCUT2D eigenvalue weighted by atomic mass is 19.1. The molecular formula is C19H20FN5O3. The minimum Gasteiger partial charge on any atom is -0.324 e. The van der Waals surface area contributed by atoms with Gasteiger partial charge in [0.15, 0.2) is 0 Å². The zero-order valence-electron chi connectivity index (χ0n) is 15.6. The predicted molar refractivity (Wildman–Crippen MR) is 103 cm³/mol. The third-order valence-corrected chi connectivity index (χ3v) is 5.16. The van der Waals surface area contributed by atoms with Crippen molar-refractivity contribution < 1.29 is 9.18 Å². The van der Waals surface area contributed by atoms with Crippen LogP contribution in [0.1, 0.15) is 11.1 Å². The van der Waals surface area contributed by atoms with Crippen molar-refractivity contribution in [2.75, 3.05) is 11.9 Å². The minimum absolute atomic E-state index is 0.131. The second kappa shape index (κ2) is 6.75. The number of halogens is 1. The smallest absolute Gasteiger partial charge is 0.324 e. The molecule has 0 unspecified atom stereocenters. The van der Waals surface area contributed by atoms with Crippen molar-refractivity contribution in [2.24, 2.45) is 14.1 Å². The van der Waals surface area contributed by atoms with Crippen LogP contribution in [0.4, 0.5) is 10.1 Å². The Bertz CT molecular complexity index is 1220. The van der Waals surface area contributed by atoms with Gasteiger partial charge in [0.25, 0.3) is 5.56 Å². The zero-order chi connectivity index (χ0) is 20.0. The van der Waals surface area contributed by atoms with Crippen LogP contribution in [0.25, 0.3) is 11.0 Å². The monoisotopic (exact) mass is 385 g/mol. The van der Waals surface area contributed by atoms with Gasteiger partial charge in [-0.25, -0.2) is 9.18 Å². The van der Waals surface area contributed by atoms with E-state index in [0.717, 1.165) is 10.1 Å². The van der Waals surface area contributed by atoms with Gasteiger partial charge in [0.2, 0.25) is 5.91 Å². The molecule has 0 spiro atoms. The van der Waals surface area contributed by atoms with E-state index in [0.29, 0.717) is 36.1 Å². The number of fused-ring (bicyclic) bond motifs is 2. The lowest BCUT2D eigenvalue weighted by atomic mass is 9.99. The van der Waals surface area contributed by atoms with E-state index in [1.807, 2.05) is 0 Å². The summed E-state index contributed by atoms with van der Waals surface area (Å²) in [4.78, 5) is 36.9. The topological polar surface area (TPSA) is 90.1 Å². The van der Waals surface area contributed by atoms with Crippen molar-refractivity contribution in [3.63, 3.8) is 0 Å².